The molecule has 0 fully saturated rings. The number of aryl methyl sites for hydroxylation is 1. The summed E-state index contributed by atoms with van der Waals surface area (Å²) >= 11 is 0. The number of carbonyl (C=O) groups is 1. The van der Waals surface area contributed by atoms with Crippen LogP contribution in [0.3, 0.4) is 0 Å². The van der Waals surface area contributed by atoms with Gasteiger partial charge in [-0.25, -0.2) is 0 Å². The molecule has 0 amide bonds. The fourth-order valence-electron chi connectivity index (χ4n) is 2.39. The summed E-state index contributed by atoms with van der Waals surface area (Å²) in [6, 6.07) is 13.7. The first-order chi connectivity index (χ1) is 8.74. The Bertz CT molecular complexity index is 616. The van der Waals surface area contributed by atoms with Crippen LogP contribution < -0.4 is 5.32 Å². The summed E-state index contributed by atoms with van der Waals surface area (Å²) in [5.41, 5.74) is 5.03. The van der Waals surface area contributed by atoms with Gasteiger partial charge in [-0.05, 0) is 31.0 Å². The van der Waals surface area contributed by atoms with Crippen molar-refractivity contribution < 1.29 is 4.79 Å². The topological polar surface area (TPSA) is 29.1 Å². The van der Waals surface area contributed by atoms with Crippen LogP contribution in [0.5, 0.6) is 0 Å². The van der Waals surface area contributed by atoms with E-state index in [1.165, 1.54) is 5.56 Å². The number of carbonyl (C=O) groups excluding carboxylic acids is 1. The lowest BCUT2D eigenvalue weighted by atomic mass is 10.00. The van der Waals surface area contributed by atoms with Gasteiger partial charge >= 0.3 is 0 Å². The molecule has 2 aromatic rings. The molecular formula is C16H15NO. The van der Waals surface area contributed by atoms with Gasteiger partial charge in [0, 0.05) is 23.4 Å². The Morgan fingerprint density at radius 2 is 1.94 bits per heavy atom. The summed E-state index contributed by atoms with van der Waals surface area (Å²) in [6.45, 7) is 2.97. The zero-order valence-corrected chi connectivity index (χ0v) is 10.4. The first-order valence-corrected chi connectivity index (χ1v) is 6.22. The molecule has 18 heavy (non-hydrogen) atoms. The summed E-state index contributed by atoms with van der Waals surface area (Å²) in [6.07, 6.45) is 1.05. The molecule has 90 valence electrons. The van der Waals surface area contributed by atoms with E-state index >= 15 is 0 Å². The van der Waals surface area contributed by atoms with E-state index in [-0.39, 0.29) is 5.78 Å². The van der Waals surface area contributed by atoms with Crippen molar-refractivity contribution in [3.05, 3.63) is 64.7 Å². The number of benzene rings is 2. The van der Waals surface area contributed by atoms with E-state index in [9.17, 15) is 4.79 Å². The first kappa shape index (κ1) is 11.0. The highest BCUT2D eigenvalue weighted by Gasteiger charge is 2.14. The molecule has 0 radical (unpaired) electrons. The number of ketones is 1. The third kappa shape index (κ3) is 1.90. The van der Waals surface area contributed by atoms with Gasteiger partial charge in [-0.3, -0.25) is 4.79 Å². The Labute approximate surface area is 107 Å². The van der Waals surface area contributed by atoms with Gasteiger partial charge in [-0.2, -0.15) is 0 Å². The lowest BCUT2D eigenvalue weighted by Crippen LogP contribution is -2.02. The maximum absolute atomic E-state index is 12.4. The van der Waals surface area contributed by atoms with Gasteiger partial charge in [0.1, 0.15) is 0 Å². The second-order valence-electron chi connectivity index (χ2n) is 4.75. The molecular weight excluding hydrogens is 222 g/mol. The van der Waals surface area contributed by atoms with Gasteiger partial charge in [0.25, 0.3) is 0 Å². The van der Waals surface area contributed by atoms with Crippen LogP contribution in [0.25, 0.3) is 0 Å². The molecule has 2 aromatic carbocycles. The molecule has 0 aliphatic carbocycles. The smallest absolute Gasteiger partial charge is 0.193 e. The van der Waals surface area contributed by atoms with E-state index in [4.69, 9.17) is 0 Å². The van der Waals surface area contributed by atoms with Gasteiger partial charge in [-0.15, -0.1) is 0 Å². The Morgan fingerprint density at radius 1 is 1.11 bits per heavy atom. The molecule has 3 rings (SSSR count). The van der Waals surface area contributed by atoms with Gasteiger partial charge in [0.05, 0.1) is 0 Å². The Morgan fingerprint density at radius 3 is 2.78 bits per heavy atom. The average molecular weight is 237 g/mol. The molecule has 0 spiro atoms. The van der Waals surface area contributed by atoms with Crippen molar-refractivity contribution in [1.82, 2.24) is 0 Å². The lowest BCUT2D eigenvalue weighted by molar-refractivity contribution is 0.103. The number of nitrogens with one attached hydrogen (secondary N) is 1. The minimum absolute atomic E-state index is 0.0928. The average Bonchev–Trinajstić information content (AvgIpc) is 2.85. The van der Waals surface area contributed by atoms with Crippen molar-refractivity contribution in [2.75, 3.05) is 11.9 Å². The van der Waals surface area contributed by atoms with Crippen LogP contribution >= 0.6 is 0 Å². The molecule has 0 saturated carbocycles. The third-order valence-corrected chi connectivity index (χ3v) is 3.36. The first-order valence-electron chi connectivity index (χ1n) is 6.22. The van der Waals surface area contributed by atoms with E-state index < -0.39 is 0 Å². The molecule has 0 aromatic heterocycles. The van der Waals surface area contributed by atoms with E-state index in [1.54, 1.807) is 0 Å². The molecule has 0 unspecified atom stereocenters. The van der Waals surface area contributed by atoms with Gasteiger partial charge in [0.15, 0.2) is 5.78 Å². The molecule has 1 aliphatic rings. The van der Waals surface area contributed by atoms with Gasteiger partial charge in [0.2, 0.25) is 0 Å². The molecule has 0 saturated heterocycles. The number of anilines is 1. The molecule has 1 aliphatic heterocycles. The highest BCUT2D eigenvalue weighted by Crippen LogP contribution is 2.24. The second kappa shape index (κ2) is 4.30. The van der Waals surface area contributed by atoms with E-state index in [2.05, 4.69) is 11.4 Å². The maximum Gasteiger partial charge on any atom is 0.193 e. The van der Waals surface area contributed by atoms with Crippen LogP contribution in [0.15, 0.2) is 42.5 Å². The van der Waals surface area contributed by atoms with Crippen molar-refractivity contribution in [1.29, 1.82) is 0 Å². The summed E-state index contributed by atoms with van der Waals surface area (Å²) in [5, 5.41) is 3.31. The molecule has 2 nitrogen and oxygen atoms in total. The third-order valence-electron chi connectivity index (χ3n) is 3.36. The van der Waals surface area contributed by atoms with Crippen molar-refractivity contribution in [2.45, 2.75) is 13.3 Å². The Kier molecular flexibility index (Phi) is 2.63. The standard InChI is InChI=1S/C16H15NO/c1-11-3-2-4-13(9-11)16(18)14-6-5-12-7-8-17-15(12)10-14/h2-6,9-10,17H,7-8H2,1H3. The predicted octanol–water partition coefficient (Wildman–Crippen LogP) is 3.19. The van der Waals surface area contributed by atoms with Crippen LogP contribution in [0.2, 0.25) is 0 Å². The molecule has 0 bridgehead atoms. The molecule has 1 N–H and O–H groups in total. The number of rotatable bonds is 2. The van der Waals surface area contributed by atoms with Crippen LogP contribution in [0, 0.1) is 6.92 Å². The maximum atomic E-state index is 12.4. The normalized spacial score (nSPS) is 12.9. The van der Waals surface area contributed by atoms with E-state index in [1.807, 2.05) is 43.3 Å². The monoisotopic (exact) mass is 237 g/mol. The second-order valence-corrected chi connectivity index (χ2v) is 4.75. The number of fused-ring (bicyclic) bond motifs is 1. The van der Waals surface area contributed by atoms with Crippen molar-refractivity contribution in [3.8, 4) is 0 Å². The predicted molar refractivity (Wildman–Crippen MR) is 73.2 cm³/mol. The van der Waals surface area contributed by atoms with E-state index in [0.29, 0.717) is 0 Å². The highest BCUT2D eigenvalue weighted by atomic mass is 16.1. The van der Waals surface area contributed by atoms with Crippen molar-refractivity contribution in [3.63, 3.8) is 0 Å². The molecule has 0 atom stereocenters. The minimum atomic E-state index is 0.0928. The highest BCUT2D eigenvalue weighted by molar-refractivity contribution is 6.09. The zero-order chi connectivity index (χ0) is 12.5. The van der Waals surface area contributed by atoms with Gasteiger partial charge in [-0.1, -0.05) is 35.9 Å². The fraction of sp³-hybridized carbons (Fsp3) is 0.188. The van der Waals surface area contributed by atoms with Gasteiger partial charge < -0.3 is 5.32 Å². The molecule has 2 heteroatoms. The van der Waals surface area contributed by atoms with Crippen molar-refractivity contribution in [2.24, 2.45) is 0 Å². The quantitative estimate of drug-likeness (QED) is 0.813. The fourth-order valence-corrected chi connectivity index (χ4v) is 2.39. The summed E-state index contributed by atoms with van der Waals surface area (Å²) in [7, 11) is 0. The SMILES string of the molecule is Cc1cccc(C(=O)c2ccc3c(c2)NCC3)c1. The number of hydrogen-bond donors (Lipinski definition) is 1. The Balaban J connectivity index is 1.98. The van der Waals surface area contributed by atoms with E-state index in [0.717, 1.165) is 35.3 Å². The summed E-state index contributed by atoms with van der Waals surface area (Å²) < 4.78 is 0. The Hall–Kier alpha value is -2.09. The number of hydrogen-bond acceptors (Lipinski definition) is 2. The minimum Gasteiger partial charge on any atom is -0.384 e. The summed E-state index contributed by atoms with van der Waals surface area (Å²) in [4.78, 5) is 12.4. The van der Waals surface area contributed by atoms with Crippen LogP contribution in [0.1, 0.15) is 27.0 Å². The summed E-state index contributed by atoms with van der Waals surface area (Å²) in [5.74, 6) is 0.0928. The largest absolute Gasteiger partial charge is 0.384 e. The van der Waals surface area contributed by atoms with Crippen LogP contribution in [-0.4, -0.2) is 12.3 Å². The van der Waals surface area contributed by atoms with Crippen molar-refractivity contribution >= 4 is 11.5 Å². The van der Waals surface area contributed by atoms with Crippen LogP contribution in [0.4, 0.5) is 5.69 Å². The zero-order valence-electron chi connectivity index (χ0n) is 10.4. The lowest BCUT2D eigenvalue weighted by Gasteiger charge is -2.05. The van der Waals surface area contributed by atoms with Crippen LogP contribution in [-0.2, 0) is 6.42 Å². The molecule has 1 heterocycles.